The number of rotatable bonds is 18. The van der Waals surface area contributed by atoms with Gasteiger partial charge in [0.25, 0.3) is 0 Å². The lowest BCUT2D eigenvalue weighted by Crippen LogP contribution is -2.44. The van der Waals surface area contributed by atoms with E-state index in [-0.39, 0.29) is 5.41 Å². The number of hydrogen-bond acceptors (Lipinski definition) is 8. The van der Waals surface area contributed by atoms with Crippen molar-refractivity contribution in [2.75, 3.05) is 0 Å². The number of benzene rings is 2. The van der Waals surface area contributed by atoms with E-state index in [2.05, 4.69) is 13.8 Å². The van der Waals surface area contributed by atoms with Crippen LogP contribution in [0.4, 0.5) is 0 Å². The smallest absolute Gasteiger partial charge is 0.423 e. The SMILES string of the molecule is CC(C)(O)C(C)(C)O.CC(C)(O)C(C)(C)O.CCCCCCCCC1(CCCCCCCC)c2cc(B(O)O)ccc2-c2ccc(B(O)O)cc21. The maximum absolute atomic E-state index is 9.94. The highest BCUT2D eigenvalue weighted by molar-refractivity contribution is 6.59. The second kappa shape index (κ2) is 20.6. The second-order valence-corrected chi connectivity index (χ2v) is 16.7. The van der Waals surface area contributed by atoms with E-state index < -0.39 is 36.6 Å². The van der Waals surface area contributed by atoms with Gasteiger partial charge in [-0.3, -0.25) is 0 Å². The number of aliphatic hydroxyl groups is 4. The van der Waals surface area contributed by atoms with Crippen LogP contribution in [0.2, 0.25) is 0 Å². The molecule has 0 aromatic heterocycles. The van der Waals surface area contributed by atoms with Crippen LogP contribution in [0.1, 0.15) is 170 Å². The van der Waals surface area contributed by atoms with Gasteiger partial charge in [-0.1, -0.05) is 127 Å². The molecular formula is C41H72B2O8. The summed E-state index contributed by atoms with van der Waals surface area (Å²) in [5.74, 6) is 0. The standard InChI is InChI=1S/C29H44B2O4.2C6H14O2/c1-3-5-7-9-11-13-19-29(20-14-12-10-8-6-4-2)27-21-23(30(32)33)15-17-25(27)26-18-16-24(31(34)35)22-28(26)29;2*1-5(2,7)6(3,4)8/h15-18,21-22,32-35H,3-14,19-20H2,1-2H3;2*7-8H,1-4H3. The molecule has 10 heteroatoms. The second-order valence-electron chi connectivity index (χ2n) is 16.7. The Kier molecular flexibility index (Phi) is 19.1. The van der Waals surface area contributed by atoms with Crippen LogP contribution in [-0.4, -0.2) is 77.2 Å². The average Bonchev–Trinajstić information content (AvgIpc) is 3.27. The Morgan fingerprint density at radius 1 is 0.451 bits per heavy atom. The van der Waals surface area contributed by atoms with Crippen LogP contribution in [0.15, 0.2) is 36.4 Å². The van der Waals surface area contributed by atoms with Gasteiger partial charge in [0.05, 0.1) is 22.4 Å². The predicted octanol–water partition coefficient (Wildman–Crippen LogP) is 5.87. The number of unbranched alkanes of at least 4 members (excludes halogenated alkanes) is 10. The lowest BCUT2D eigenvalue weighted by molar-refractivity contribution is -0.107. The molecule has 290 valence electrons. The summed E-state index contributed by atoms with van der Waals surface area (Å²) in [7, 11) is -3.00. The van der Waals surface area contributed by atoms with Crippen molar-refractivity contribution in [1.29, 1.82) is 0 Å². The van der Waals surface area contributed by atoms with Crippen molar-refractivity contribution in [3.8, 4) is 11.1 Å². The Hall–Kier alpha value is -1.75. The fourth-order valence-corrected chi connectivity index (χ4v) is 5.93. The zero-order valence-corrected chi connectivity index (χ0v) is 33.6. The van der Waals surface area contributed by atoms with E-state index >= 15 is 0 Å². The van der Waals surface area contributed by atoms with E-state index in [1.807, 2.05) is 24.3 Å². The quantitative estimate of drug-likeness (QED) is 0.0703. The monoisotopic (exact) mass is 715 g/mol. The van der Waals surface area contributed by atoms with E-state index in [9.17, 15) is 20.1 Å². The Bertz CT molecular complexity index is 1160. The van der Waals surface area contributed by atoms with Gasteiger partial charge >= 0.3 is 14.2 Å². The third-order valence-electron chi connectivity index (χ3n) is 10.9. The minimum atomic E-state index is -1.50. The minimum Gasteiger partial charge on any atom is -0.423 e. The topological polar surface area (TPSA) is 162 Å². The lowest BCUT2D eigenvalue weighted by Gasteiger charge is -2.33. The van der Waals surface area contributed by atoms with Gasteiger partial charge in [0.15, 0.2) is 0 Å². The fourth-order valence-electron chi connectivity index (χ4n) is 5.93. The Morgan fingerprint density at radius 3 is 0.980 bits per heavy atom. The van der Waals surface area contributed by atoms with E-state index in [0.29, 0.717) is 10.9 Å². The van der Waals surface area contributed by atoms with Gasteiger partial charge in [-0.2, -0.15) is 0 Å². The molecule has 0 fully saturated rings. The van der Waals surface area contributed by atoms with Gasteiger partial charge in [0.1, 0.15) is 0 Å². The summed E-state index contributed by atoms with van der Waals surface area (Å²) in [6, 6.07) is 11.6. The largest absolute Gasteiger partial charge is 0.488 e. The summed E-state index contributed by atoms with van der Waals surface area (Å²) >= 11 is 0. The molecule has 0 amide bonds. The normalized spacial score (nSPS) is 13.8. The average molecular weight is 715 g/mol. The maximum Gasteiger partial charge on any atom is 0.488 e. The van der Waals surface area contributed by atoms with Crippen molar-refractivity contribution in [3.63, 3.8) is 0 Å². The first kappa shape index (κ1) is 47.3. The van der Waals surface area contributed by atoms with Crippen LogP contribution in [0, 0.1) is 0 Å². The van der Waals surface area contributed by atoms with Crippen LogP contribution < -0.4 is 10.9 Å². The van der Waals surface area contributed by atoms with Crippen LogP contribution in [0.3, 0.4) is 0 Å². The number of hydrogen-bond donors (Lipinski definition) is 8. The molecule has 8 N–H and O–H groups in total. The van der Waals surface area contributed by atoms with Crippen molar-refractivity contribution in [2.45, 2.75) is 187 Å². The molecular weight excluding hydrogens is 642 g/mol. The highest BCUT2D eigenvalue weighted by atomic mass is 16.4. The molecule has 0 spiro atoms. The molecule has 0 saturated carbocycles. The molecule has 3 rings (SSSR count). The first-order chi connectivity index (χ1) is 23.4. The van der Waals surface area contributed by atoms with Crippen LogP contribution in [0.25, 0.3) is 11.1 Å². The van der Waals surface area contributed by atoms with E-state index in [1.165, 1.54) is 75.3 Å². The summed E-state index contributed by atoms with van der Waals surface area (Å²) in [6.07, 6.45) is 16.6. The molecule has 0 radical (unpaired) electrons. The Labute approximate surface area is 310 Å². The molecule has 2 aromatic carbocycles. The summed E-state index contributed by atoms with van der Waals surface area (Å²) in [6.45, 7) is 17.1. The maximum atomic E-state index is 9.94. The van der Waals surface area contributed by atoms with Crippen LogP contribution in [-0.2, 0) is 5.41 Å². The van der Waals surface area contributed by atoms with E-state index in [4.69, 9.17) is 20.4 Å². The summed E-state index contributed by atoms with van der Waals surface area (Å²) in [5.41, 5.74) is 1.40. The van der Waals surface area contributed by atoms with Gasteiger partial charge in [-0.15, -0.1) is 0 Å². The fraction of sp³-hybridized carbons (Fsp3) is 0.707. The van der Waals surface area contributed by atoms with Crippen molar-refractivity contribution in [3.05, 3.63) is 47.5 Å². The number of fused-ring (bicyclic) bond motifs is 3. The van der Waals surface area contributed by atoms with Crippen LogP contribution >= 0.6 is 0 Å². The highest BCUT2D eigenvalue weighted by Gasteiger charge is 2.43. The van der Waals surface area contributed by atoms with Gasteiger partial charge in [-0.25, -0.2) is 0 Å². The third-order valence-corrected chi connectivity index (χ3v) is 10.9. The summed E-state index contributed by atoms with van der Waals surface area (Å²) in [4.78, 5) is 0. The summed E-state index contributed by atoms with van der Waals surface area (Å²) in [5, 5.41) is 76.2. The van der Waals surface area contributed by atoms with E-state index in [0.717, 1.165) is 36.8 Å². The first-order valence-corrected chi connectivity index (χ1v) is 19.4. The Balaban J connectivity index is 0.000000673. The minimum absolute atomic E-state index is 0.240. The van der Waals surface area contributed by atoms with E-state index in [1.54, 1.807) is 67.5 Å². The molecule has 51 heavy (non-hydrogen) atoms. The molecule has 0 unspecified atom stereocenters. The molecule has 0 atom stereocenters. The molecule has 0 aliphatic heterocycles. The van der Waals surface area contributed by atoms with Crippen molar-refractivity contribution in [1.82, 2.24) is 0 Å². The zero-order valence-electron chi connectivity index (χ0n) is 33.6. The molecule has 1 aliphatic carbocycles. The van der Waals surface area contributed by atoms with Gasteiger partial charge in [0.2, 0.25) is 0 Å². The summed E-state index contributed by atoms with van der Waals surface area (Å²) < 4.78 is 0. The van der Waals surface area contributed by atoms with Gasteiger partial charge < -0.3 is 40.5 Å². The van der Waals surface area contributed by atoms with Crippen molar-refractivity contribution >= 4 is 25.2 Å². The van der Waals surface area contributed by atoms with Gasteiger partial charge in [-0.05, 0) is 101 Å². The molecule has 0 bridgehead atoms. The molecule has 0 heterocycles. The van der Waals surface area contributed by atoms with Crippen molar-refractivity contribution in [2.24, 2.45) is 0 Å². The zero-order chi connectivity index (χ0) is 39.3. The third kappa shape index (κ3) is 14.5. The first-order valence-electron chi connectivity index (χ1n) is 19.4. The highest BCUT2D eigenvalue weighted by Crippen LogP contribution is 2.53. The lowest BCUT2D eigenvalue weighted by atomic mass is 9.67. The van der Waals surface area contributed by atoms with Gasteiger partial charge in [0, 0.05) is 5.41 Å². The van der Waals surface area contributed by atoms with Crippen molar-refractivity contribution < 1.29 is 40.5 Å². The van der Waals surface area contributed by atoms with Crippen LogP contribution in [0.5, 0.6) is 0 Å². The molecule has 0 saturated heterocycles. The molecule has 8 nitrogen and oxygen atoms in total. The Morgan fingerprint density at radius 2 is 0.725 bits per heavy atom. The predicted molar refractivity (Wildman–Crippen MR) is 213 cm³/mol. The molecule has 2 aromatic rings. The molecule has 1 aliphatic rings.